The largest absolute Gasteiger partial charge is 0.465 e. The van der Waals surface area contributed by atoms with Crippen molar-refractivity contribution in [3.63, 3.8) is 0 Å². The zero-order valence-corrected chi connectivity index (χ0v) is 19.2. The van der Waals surface area contributed by atoms with Crippen molar-refractivity contribution in [3.8, 4) is 11.1 Å². The van der Waals surface area contributed by atoms with E-state index in [0.29, 0.717) is 41.4 Å². The molecule has 9 heteroatoms. The maximum absolute atomic E-state index is 14.4. The van der Waals surface area contributed by atoms with Crippen LogP contribution in [0.3, 0.4) is 0 Å². The Morgan fingerprint density at radius 2 is 2.07 bits per heavy atom. The Balaban J connectivity index is 1.97. The van der Waals surface area contributed by atoms with Crippen molar-refractivity contribution in [3.05, 3.63) is 44.5 Å². The van der Waals surface area contributed by atoms with Crippen molar-refractivity contribution in [1.82, 2.24) is 14.8 Å². The van der Waals surface area contributed by atoms with Gasteiger partial charge in [0.2, 0.25) is 0 Å². The second-order valence-corrected chi connectivity index (χ2v) is 9.44. The van der Waals surface area contributed by atoms with Gasteiger partial charge in [0, 0.05) is 34.8 Å². The van der Waals surface area contributed by atoms with Gasteiger partial charge in [-0.1, -0.05) is 11.6 Å². The highest BCUT2D eigenvalue weighted by Crippen LogP contribution is 2.36. The first-order chi connectivity index (χ1) is 13.5. The first kappa shape index (κ1) is 21.9. The van der Waals surface area contributed by atoms with Crippen molar-refractivity contribution < 1.29 is 19.1 Å². The molecule has 0 spiro atoms. The van der Waals surface area contributed by atoms with E-state index in [2.05, 4.69) is 27.9 Å². The molecule has 2 aromatic rings. The Kier molecular flexibility index (Phi) is 6.14. The highest BCUT2D eigenvalue weighted by atomic mass is 127. The number of benzene rings is 1. The van der Waals surface area contributed by atoms with Gasteiger partial charge in [0.15, 0.2) is 0 Å². The predicted octanol–water partition coefficient (Wildman–Crippen LogP) is 5.01. The van der Waals surface area contributed by atoms with Crippen molar-refractivity contribution in [2.75, 3.05) is 13.1 Å². The molecule has 0 aliphatic carbocycles. The topological polar surface area (TPSA) is 74.6 Å². The summed E-state index contributed by atoms with van der Waals surface area (Å²) in [4.78, 5) is 25.4. The van der Waals surface area contributed by atoms with Crippen LogP contribution in [0.2, 0.25) is 5.02 Å². The van der Waals surface area contributed by atoms with Crippen molar-refractivity contribution in [2.45, 2.75) is 38.8 Å². The number of halogens is 3. The number of fused-ring (bicyclic) bond motifs is 1. The first-order valence-corrected chi connectivity index (χ1v) is 10.6. The van der Waals surface area contributed by atoms with Gasteiger partial charge in [-0.3, -0.25) is 4.79 Å². The molecule has 0 saturated heterocycles. The first-order valence-electron chi connectivity index (χ1n) is 9.15. The molecule has 1 aromatic heterocycles. The van der Waals surface area contributed by atoms with Crippen LogP contribution in [0.25, 0.3) is 11.1 Å². The Labute approximate surface area is 187 Å². The molecular formula is C20H22ClFIN3O3. The Bertz CT molecular complexity index is 971. The normalized spacial score (nSPS) is 16.3. The van der Waals surface area contributed by atoms with Crippen LogP contribution in [-0.4, -0.2) is 45.2 Å². The summed E-state index contributed by atoms with van der Waals surface area (Å²) in [6.07, 6.45) is -0.472. The minimum atomic E-state index is -0.985. The third-order valence-corrected chi connectivity index (χ3v) is 6.35. The summed E-state index contributed by atoms with van der Waals surface area (Å²) in [7, 11) is 0. The van der Waals surface area contributed by atoms with Gasteiger partial charge in [-0.05, 0) is 74.0 Å². The molecule has 6 nitrogen and oxygen atoms in total. The van der Waals surface area contributed by atoms with E-state index in [1.54, 1.807) is 12.1 Å². The fourth-order valence-electron chi connectivity index (χ4n) is 3.55. The minimum Gasteiger partial charge on any atom is -0.465 e. The SMILES string of the molecule is CC(C)(C)N(CCC1CNC(=O)c2cc(-c3cc(Cl)ccc3F)c(I)n21)C(=O)O. The lowest BCUT2D eigenvalue weighted by atomic mass is 10.0. The molecule has 2 heterocycles. The lowest BCUT2D eigenvalue weighted by Gasteiger charge is -2.35. The van der Waals surface area contributed by atoms with Gasteiger partial charge in [0.05, 0.1) is 9.74 Å². The van der Waals surface area contributed by atoms with E-state index >= 15 is 0 Å². The van der Waals surface area contributed by atoms with Crippen LogP contribution in [0.4, 0.5) is 9.18 Å². The van der Waals surface area contributed by atoms with Crippen LogP contribution in [0.5, 0.6) is 0 Å². The number of nitrogens with zero attached hydrogens (tertiary/aromatic N) is 2. The Morgan fingerprint density at radius 3 is 2.69 bits per heavy atom. The van der Waals surface area contributed by atoms with E-state index < -0.39 is 17.4 Å². The van der Waals surface area contributed by atoms with Gasteiger partial charge in [-0.25, -0.2) is 9.18 Å². The second-order valence-electron chi connectivity index (χ2n) is 7.99. The van der Waals surface area contributed by atoms with Gasteiger partial charge in [0.25, 0.3) is 5.91 Å². The van der Waals surface area contributed by atoms with E-state index in [4.69, 9.17) is 11.6 Å². The quantitative estimate of drug-likeness (QED) is 0.543. The maximum atomic E-state index is 14.4. The molecular weight excluding hydrogens is 512 g/mol. The molecule has 156 valence electrons. The zero-order chi connectivity index (χ0) is 21.5. The average Bonchev–Trinajstić information content (AvgIpc) is 2.96. The summed E-state index contributed by atoms with van der Waals surface area (Å²) >= 11 is 8.15. The van der Waals surface area contributed by atoms with Gasteiger partial charge >= 0.3 is 6.09 Å². The molecule has 0 saturated carbocycles. The summed E-state index contributed by atoms with van der Waals surface area (Å²) in [5.41, 5.74) is 0.814. The standard InChI is InChI=1S/C20H22ClFIN3O3/c1-20(2,3)25(19(28)29)7-6-12-10-24-18(27)16-9-14(17(23)26(12)16)13-8-11(21)4-5-15(13)22/h4-5,8-9,12H,6-7,10H2,1-3H3,(H,24,27)(H,28,29). The highest BCUT2D eigenvalue weighted by Gasteiger charge is 2.32. The van der Waals surface area contributed by atoms with Crippen molar-refractivity contribution in [1.29, 1.82) is 0 Å². The highest BCUT2D eigenvalue weighted by molar-refractivity contribution is 14.1. The van der Waals surface area contributed by atoms with Crippen LogP contribution >= 0.6 is 34.2 Å². The lowest BCUT2D eigenvalue weighted by Crippen LogP contribution is -2.47. The summed E-state index contributed by atoms with van der Waals surface area (Å²) in [6, 6.07) is 5.84. The second kappa shape index (κ2) is 8.14. The maximum Gasteiger partial charge on any atom is 0.407 e. The number of carbonyl (C=O) groups excluding carboxylic acids is 1. The summed E-state index contributed by atoms with van der Waals surface area (Å²) in [5, 5.41) is 12.8. The van der Waals surface area contributed by atoms with Crippen molar-refractivity contribution in [2.24, 2.45) is 0 Å². The van der Waals surface area contributed by atoms with Crippen LogP contribution in [0.1, 0.15) is 43.7 Å². The molecule has 1 aliphatic rings. The number of nitrogens with one attached hydrogen (secondary N) is 1. The molecule has 2 amide bonds. The number of hydrogen-bond donors (Lipinski definition) is 2. The van der Waals surface area contributed by atoms with Gasteiger partial charge in [-0.15, -0.1) is 0 Å². The molecule has 29 heavy (non-hydrogen) atoms. The number of hydrogen-bond acceptors (Lipinski definition) is 2. The number of amides is 2. The molecule has 1 atom stereocenters. The molecule has 0 radical (unpaired) electrons. The van der Waals surface area contributed by atoms with E-state index in [9.17, 15) is 19.1 Å². The molecule has 1 aliphatic heterocycles. The summed E-state index contributed by atoms with van der Waals surface area (Å²) in [5.74, 6) is -0.657. The minimum absolute atomic E-state index is 0.144. The number of aromatic nitrogens is 1. The molecule has 0 fully saturated rings. The van der Waals surface area contributed by atoms with E-state index in [1.807, 2.05) is 25.3 Å². The number of rotatable bonds is 4. The monoisotopic (exact) mass is 533 g/mol. The third-order valence-electron chi connectivity index (χ3n) is 5.02. The van der Waals surface area contributed by atoms with Gasteiger partial charge in [0.1, 0.15) is 11.5 Å². The smallest absolute Gasteiger partial charge is 0.407 e. The fourth-order valence-corrected chi connectivity index (χ4v) is 4.82. The fraction of sp³-hybridized carbons (Fsp3) is 0.400. The Hall–Kier alpha value is -1.81. The third kappa shape index (κ3) is 4.37. The van der Waals surface area contributed by atoms with E-state index in [0.717, 1.165) is 3.70 Å². The van der Waals surface area contributed by atoms with Gasteiger partial charge < -0.3 is 19.9 Å². The van der Waals surface area contributed by atoms with E-state index in [1.165, 1.54) is 17.0 Å². The van der Waals surface area contributed by atoms with Crippen LogP contribution < -0.4 is 5.32 Å². The molecule has 1 aromatic carbocycles. The number of carbonyl (C=O) groups is 2. The predicted molar refractivity (Wildman–Crippen MR) is 118 cm³/mol. The average molecular weight is 534 g/mol. The molecule has 0 bridgehead atoms. The summed E-state index contributed by atoms with van der Waals surface area (Å²) < 4.78 is 17.0. The Morgan fingerprint density at radius 1 is 1.38 bits per heavy atom. The molecule has 3 rings (SSSR count). The van der Waals surface area contributed by atoms with Crippen LogP contribution in [0.15, 0.2) is 24.3 Å². The van der Waals surface area contributed by atoms with Crippen molar-refractivity contribution >= 4 is 46.2 Å². The van der Waals surface area contributed by atoms with Crippen LogP contribution in [-0.2, 0) is 0 Å². The van der Waals surface area contributed by atoms with Crippen LogP contribution in [0, 0.1) is 9.52 Å². The zero-order valence-electron chi connectivity index (χ0n) is 16.3. The van der Waals surface area contributed by atoms with E-state index in [-0.39, 0.29) is 11.9 Å². The number of carboxylic acid groups (broad SMARTS) is 1. The van der Waals surface area contributed by atoms with Gasteiger partial charge in [-0.2, -0.15) is 0 Å². The summed E-state index contributed by atoms with van der Waals surface area (Å²) in [6.45, 7) is 6.22. The lowest BCUT2D eigenvalue weighted by molar-refractivity contribution is 0.0865. The molecule has 1 unspecified atom stereocenters. The molecule has 2 N–H and O–H groups in total.